The Kier molecular flexibility index (Phi) is 6.00. The van der Waals surface area contributed by atoms with Crippen molar-refractivity contribution in [3.63, 3.8) is 0 Å². The first-order valence-corrected chi connectivity index (χ1v) is 7.19. The highest BCUT2D eigenvalue weighted by molar-refractivity contribution is 6.02. The van der Waals surface area contributed by atoms with Crippen LogP contribution in [0.1, 0.15) is 5.56 Å². The summed E-state index contributed by atoms with van der Waals surface area (Å²) in [6, 6.07) is 14.7. The molecule has 0 radical (unpaired) electrons. The van der Waals surface area contributed by atoms with Gasteiger partial charge in [-0.2, -0.15) is 0 Å². The Labute approximate surface area is 136 Å². The normalized spacial score (nSPS) is 10.3. The highest BCUT2D eigenvalue weighted by Gasteiger charge is 2.01. The van der Waals surface area contributed by atoms with Gasteiger partial charge in [-0.3, -0.25) is 4.79 Å². The summed E-state index contributed by atoms with van der Waals surface area (Å²) in [5.74, 6) is 1.24. The van der Waals surface area contributed by atoms with E-state index in [1.54, 1.807) is 43.5 Å². The lowest BCUT2D eigenvalue weighted by Gasteiger charge is -2.06. The quantitative estimate of drug-likeness (QED) is 0.623. The molecule has 1 N–H and O–H groups in total. The molecule has 0 saturated carbocycles. The Morgan fingerprint density at radius 1 is 1.17 bits per heavy atom. The number of rotatable bonds is 7. The van der Waals surface area contributed by atoms with Gasteiger partial charge in [0, 0.05) is 17.3 Å². The predicted octanol–water partition coefficient (Wildman–Crippen LogP) is 3.91. The summed E-state index contributed by atoms with van der Waals surface area (Å²) in [7, 11) is 1.60. The highest BCUT2D eigenvalue weighted by Crippen LogP contribution is 2.19. The number of para-hydroxylation sites is 1. The van der Waals surface area contributed by atoms with Crippen LogP contribution in [0.2, 0.25) is 0 Å². The lowest BCUT2D eigenvalue weighted by molar-refractivity contribution is -0.111. The third-order valence-corrected chi connectivity index (χ3v) is 3.04. The van der Waals surface area contributed by atoms with Gasteiger partial charge >= 0.3 is 0 Å². The average Bonchev–Trinajstić information content (AvgIpc) is 2.59. The van der Waals surface area contributed by atoms with E-state index in [4.69, 9.17) is 9.47 Å². The Bertz CT molecular complexity index is 690. The maximum absolute atomic E-state index is 12.0. The third kappa shape index (κ3) is 5.04. The minimum atomic E-state index is -0.212. The van der Waals surface area contributed by atoms with Crippen LogP contribution < -0.4 is 14.8 Å². The lowest BCUT2D eigenvalue weighted by Crippen LogP contribution is -2.07. The Morgan fingerprint density at radius 2 is 1.91 bits per heavy atom. The molecule has 0 aliphatic heterocycles. The van der Waals surface area contributed by atoms with Gasteiger partial charge in [-0.05, 0) is 36.4 Å². The van der Waals surface area contributed by atoms with Crippen LogP contribution in [0.4, 0.5) is 5.69 Å². The van der Waals surface area contributed by atoms with Crippen molar-refractivity contribution in [3.05, 3.63) is 72.8 Å². The van der Waals surface area contributed by atoms with Gasteiger partial charge in [-0.15, -0.1) is 0 Å². The smallest absolute Gasteiger partial charge is 0.248 e. The Balaban J connectivity index is 1.96. The highest BCUT2D eigenvalue weighted by atomic mass is 16.5. The molecule has 4 heteroatoms. The minimum absolute atomic E-state index is 0.212. The molecule has 0 bridgehead atoms. The van der Waals surface area contributed by atoms with Crippen molar-refractivity contribution in [1.29, 1.82) is 0 Å². The van der Waals surface area contributed by atoms with Crippen molar-refractivity contribution >= 4 is 17.7 Å². The van der Waals surface area contributed by atoms with E-state index in [1.807, 2.05) is 24.3 Å². The summed E-state index contributed by atoms with van der Waals surface area (Å²) in [5.41, 5.74) is 1.55. The fourth-order valence-corrected chi connectivity index (χ4v) is 1.94. The van der Waals surface area contributed by atoms with Crippen molar-refractivity contribution in [3.8, 4) is 11.5 Å². The predicted molar refractivity (Wildman–Crippen MR) is 92.8 cm³/mol. The molecule has 0 unspecified atom stereocenters. The molecule has 2 rings (SSSR count). The topological polar surface area (TPSA) is 47.6 Å². The largest absolute Gasteiger partial charge is 0.496 e. The summed E-state index contributed by atoms with van der Waals surface area (Å²) in [6.07, 6.45) is 4.87. The van der Waals surface area contributed by atoms with Crippen LogP contribution in [0.25, 0.3) is 6.08 Å². The molecule has 2 aromatic carbocycles. The van der Waals surface area contributed by atoms with Crippen molar-refractivity contribution < 1.29 is 14.3 Å². The van der Waals surface area contributed by atoms with Gasteiger partial charge in [-0.25, -0.2) is 0 Å². The van der Waals surface area contributed by atoms with E-state index in [2.05, 4.69) is 11.9 Å². The summed E-state index contributed by atoms with van der Waals surface area (Å²) < 4.78 is 10.6. The summed E-state index contributed by atoms with van der Waals surface area (Å²) in [5, 5.41) is 2.79. The molecule has 0 atom stereocenters. The maximum Gasteiger partial charge on any atom is 0.248 e. The molecule has 118 valence electrons. The van der Waals surface area contributed by atoms with Crippen molar-refractivity contribution in [2.45, 2.75) is 0 Å². The number of benzene rings is 2. The Morgan fingerprint density at radius 3 is 2.61 bits per heavy atom. The molecule has 1 amide bonds. The molecule has 0 spiro atoms. The number of ether oxygens (including phenoxy) is 2. The molecule has 2 aromatic rings. The number of nitrogens with one attached hydrogen (secondary N) is 1. The Hall–Kier alpha value is -3.01. The molecule has 0 aliphatic carbocycles. The number of amides is 1. The molecule has 23 heavy (non-hydrogen) atoms. The standard InChI is InChI=1S/C19H19NO3/c1-3-14-23-17-11-9-16(10-12-17)20-19(21)13-8-15-6-4-5-7-18(15)22-2/h3-13H,1,14H2,2H3,(H,20,21)/b13-8+. The van der Waals surface area contributed by atoms with Crippen LogP contribution in [0.3, 0.4) is 0 Å². The fraction of sp³-hybridized carbons (Fsp3) is 0.105. The van der Waals surface area contributed by atoms with Gasteiger partial charge in [-0.1, -0.05) is 30.9 Å². The van der Waals surface area contributed by atoms with Crippen LogP contribution in [-0.4, -0.2) is 19.6 Å². The maximum atomic E-state index is 12.0. The van der Waals surface area contributed by atoms with Crippen LogP contribution in [0, 0.1) is 0 Å². The van der Waals surface area contributed by atoms with Gasteiger partial charge in [0.05, 0.1) is 7.11 Å². The molecule has 4 nitrogen and oxygen atoms in total. The molecule has 0 saturated heterocycles. The molecular formula is C19H19NO3. The van der Waals surface area contributed by atoms with E-state index in [-0.39, 0.29) is 5.91 Å². The monoisotopic (exact) mass is 309 g/mol. The van der Waals surface area contributed by atoms with E-state index in [0.717, 1.165) is 17.1 Å². The zero-order valence-electron chi connectivity index (χ0n) is 13.0. The van der Waals surface area contributed by atoms with Crippen LogP contribution in [0.15, 0.2) is 67.3 Å². The number of methoxy groups -OCH3 is 1. The van der Waals surface area contributed by atoms with E-state index in [1.165, 1.54) is 6.08 Å². The first-order valence-electron chi connectivity index (χ1n) is 7.19. The number of carbonyl (C=O) groups is 1. The second-order valence-corrected chi connectivity index (χ2v) is 4.69. The molecule has 0 aromatic heterocycles. The summed E-state index contributed by atoms with van der Waals surface area (Å²) in [6.45, 7) is 4.04. The first-order chi connectivity index (χ1) is 11.2. The average molecular weight is 309 g/mol. The van der Waals surface area contributed by atoms with Crippen LogP contribution in [-0.2, 0) is 4.79 Å². The summed E-state index contributed by atoms with van der Waals surface area (Å²) >= 11 is 0. The number of carbonyl (C=O) groups excluding carboxylic acids is 1. The van der Waals surface area contributed by atoms with Gasteiger partial charge in [0.2, 0.25) is 5.91 Å². The molecule has 0 aliphatic rings. The van der Waals surface area contributed by atoms with Crippen LogP contribution >= 0.6 is 0 Å². The second-order valence-electron chi connectivity index (χ2n) is 4.69. The second kappa shape index (κ2) is 8.44. The molecular weight excluding hydrogens is 290 g/mol. The zero-order valence-corrected chi connectivity index (χ0v) is 13.0. The lowest BCUT2D eigenvalue weighted by atomic mass is 10.2. The van der Waals surface area contributed by atoms with Crippen molar-refractivity contribution in [2.75, 3.05) is 19.0 Å². The van der Waals surface area contributed by atoms with E-state index < -0.39 is 0 Å². The molecule has 0 heterocycles. The van der Waals surface area contributed by atoms with Crippen molar-refractivity contribution in [1.82, 2.24) is 0 Å². The van der Waals surface area contributed by atoms with E-state index >= 15 is 0 Å². The minimum Gasteiger partial charge on any atom is -0.496 e. The number of anilines is 1. The van der Waals surface area contributed by atoms with Gasteiger partial charge in [0.15, 0.2) is 0 Å². The van der Waals surface area contributed by atoms with Crippen LogP contribution in [0.5, 0.6) is 11.5 Å². The van der Waals surface area contributed by atoms with Gasteiger partial charge in [0.25, 0.3) is 0 Å². The third-order valence-electron chi connectivity index (χ3n) is 3.04. The van der Waals surface area contributed by atoms with E-state index in [0.29, 0.717) is 12.3 Å². The SMILES string of the molecule is C=CCOc1ccc(NC(=O)/C=C/c2ccccc2OC)cc1. The van der Waals surface area contributed by atoms with E-state index in [9.17, 15) is 4.79 Å². The summed E-state index contributed by atoms with van der Waals surface area (Å²) in [4.78, 5) is 12.0. The number of hydrogen-bond acceptors (Lipinski definition) is 3. The zero-order chi connectivity index (χ0) is 16.5. The first kappa shape index (κ1) is 16.4. The van der Waals surface area contributed by atoms with Crippen molar-refractivity contribution in [2.24, 2.45) is 0 Å². The molecule has 0 fully saturated rings. The fourth-order valence-electron chi connectivity index (χ4n) is 1.94. The van der Waals surface area contributed by atoms with Gasteiger partial charge in [0.1, 0.15) is 18.1 Å². The number of hydrogen-bond donors (Lipinski definition) is 1. The van der Waals surface area contributed by atoms with Gasteiger partial charge < -0.3 is 14.8 Å².